The Balaban J connectivity index is 2.76. The van der Waals surface area contributed by atoms with Crippen molar-refractivity contribution in [2.24, 2.45) is 34.4 Å². The van der Waals surface area contributed by atoms with Crippen LogP contribution in [0.25, 0.3) is 0 Å². The molecule has 0 aromatic heterocycles. The van der Waals surface area contributed by atoms with E-state index < -0.39 is 0 Å². The summed E-state index contributed by atoms with van der Waals surface area (Å²) in [5.74, 6) is 0. The molecule has 0 heterocycles. The number of hydrogen-bond acceptors (Lipinski definition) is 6. The van der Waals surface area contributed by atoms with Gasteiger partial charge in [-0.2, -0.15) is 0 Å². The molecule has 1 aromatic carbocycles. The summed E-state index contributed by atoms with van der Waals surface area (Å²) >= 11 is 0. The van der Waals surface area contributed by atoms with Gasteiger partial charge < -0.3 is 34.4 Å². The third kappa shape index (κ3) is 8.12. The fourth-order valence-electron chi connectivity index (χ4n) is 3.67. The normalized spacial score (nSPS) is 16.2. The van der Waals surface area contributed by atoms with Crippen molar-refractivity contribution in [1.82, 2.24) is 0 Å². The Morgan fingerprint density at radius 3 is 1.15 bits per heavy atom. The molecule has 2 atom stereocenters. The average Bonchev–Trinajstić information content (AvgIpc) is 2.60. The summed E-state index contributed by atoms with van der Waals surface area (Å²) < 4.78 is 0. The molecule has 26 heavy (non-hydrogen) atoms. The van der Waals surface area contributed by atoms with Crippen LogP contribution < -0.4 is 34.4 Å². The zero-order valence-corrected chi connectivity index (χ0v) is 16.3. The molecule has 0 spiro atoms. The second-order valence-corrected chi connectivity index (χ2v) is 7.76. The van der Waals surface area contributed by atoms with Gasteiger partial charge in [-0.05, 0) is 88.7 Å². The molecule has 150 valence electrons. The van der Waals surface area contributed by atoms with Crippen LogP contribution in [0.3, 0.4) is 0 Å². The van der Waals surface area contributed by atoms with Crippen molar-refractivity contribution < 1.29 is 0 Å². The van der Waals surface area contributed by atoms with Crippen LogP contribution in [0.2, 0.25) is 0 Å². The molecule has 12 N–H and O–H groups in total. The smallest absolute Gasteiger partial charge is 0.0207 e. The highest BCUT2D eigenvalue weighted by Crippen LogP contribution is 2.23. The first kappa shape index (κ1) is 23.0. The molecule has 0 saturated carbocycles. The Morgan fingerprint density at radius 2 is 0.885 bits per heavy atom. The van der Waals surface area contributed by atoms with Crippen LogP contribution in [0.15, 0.2) is 24.3 Å². The summed E-state index contributed by atoms with van der Waals surface area (Å²) in [6.07, 6.45) is 6.86. The second kappa shape index (κ2) is 11.6. The van der Waals surface area contributed by atoms with Gasteiger partial charge >= 0.3 is 0 Å². The topological polar surface area (TPSA) is 156 Å². The molecular weight excluding hydrogens is 324 g/mol. The van der Waals surface area contributed by atoms with Gasteiger partial charge in [0.1, 0.15) is 0 Å². The molecule has 0 aliphatic heterocycles. The maximum Gasteiger partial charge on any atom is 0.0207 e. The van der Waals surface area contributed by atoms with Crippen LogP contribution in [-0.4, -0.2) is 37.3 Å². The van der Waals surface area contributed by atoms with Gasteiger partial charge in [-0.15, -0.1) is 0 Å². The number of benzene rings is 1. The van der Waals surface area contributed by atoms with Crippen LogP contribution >= 0.6 is 0 Å². The molecule has 1 aromatic rings. The van der Waals surface area contributed by atoms with Crippen LogP contribution in [0.1, 0.15) is 49.7 Å². The number of nitrogens with two attached hydrogens (primary N) is 6. The van der Waals surface area contributed by atoms with Crippen LogP contribution in [0, 0.1) is 0 Å². The zero-order valence-electron chi connectivity index (χ0n) is 16.3. The first-order valence-electron chi connectivity index (χ1n) is 9.86. The van der Waals surface area contributed by atoms with Gasteiger partial charge in [0.05, 0.1) is 0 Å². The fourth-order valence-corrected chi connectivity index (χ4v) is 3.67. The summed E-state index contributed by atoms with van der Waals surface area (Å²) in [4.78, 5) is 0. The highest BCUT2D eigenvalue weighted by Gasteiger charge is 2.25. The molecule has 2 unspecified atom stereocenters. The number of hydrogen-bond donors (Lipinski definition) is 6. The van der Waals surface area contributed by atoms with Gasteiger partial charge in [-0.25, -0.2) is 0 Å². The van der Waals surface area contributed by atoms with Crippen molar-refractivity contribution in [2.45, 2.75) is 62.4 Å². The van der Waals surface area contributed by atoms with Gasteiger partial charge in [0.25, 0.3) is 0 Å². The third-order valence-electron chi connectivity index (χ3n) is 5.18. The van der Waals surface area contributed by atoms with E-state index >= 15 is 0 Å². The van der Waals surface area contributed by atoms with Crippen molar-refractivity contribution in [1.29, 1.82) is 0 Å². The Bertz CT molecular complexity index is 447. The lowest BCUT2D eigenvalue weighted by molar-refractivity contribution is 0.357. The van der Waals surface area contributed by atoms with E-state index in [0.717, 1.165) is 51.4 Å². The van der Waals surface area contributed by atoms with Gasteiger partial charge in [0.15, 0.2) is 0 Å². The molecule has 0 saturated heterocycles. The molecule has 6 nitrogen and oxygen atoms in total. The summed E-state index contributed by atoms with van der Waals surface area (Å²) in [6, 6.07) is 8.62. The van der Waals surface area contributed by atoms with E-state index in [9.17, 15) is 0 Å². The molecular formula is C20H40N6. The Labute approximate surface area is 159 Å². The van der Waals surface area contributed by atoms with Gasteiger partial charge in [-0.1, -0.05) is 24.3 Å². The monoisotopic (exact) mass is 364 g/mol. The third-order valence-corrected chi connectivity index (χ3v) is 5.18. The molecule has 0 fully saturated rings. The summed E-state index contributed by atoms with van der Waals surface area (Å²) in [6.45, 7) is 2.50. The van der Waals surface area contributed by atoms with Crippen molar-refractivity contribution in [3.63, 3.8) is 0 Å². The van der Waals surface area contributed by atoms with Crippen LogP contribution in [0.5, 0.6) is 0 Å². The molecule has 0 bridgehead atoms. The maximum absolute atomic E-state index is 6.58. The average molecular weight is 365 g/mol. The summed E-state index contributed by atoms with van der Waals surface area (Å²) in [7, 11) is 0. The Kier molecular flexibility index (Phi) is 10.3. The van der Waals surface area contributed by atoms with Crippen molar-refractivity contribution in [3.05, 3.63) is 35.4 Å². The van der Waals surface area contributed by atoms with Crippen LogP contribution in [0.4, 0.5) is 0 Å². The molecule has 6 heteroatoms. The largest absolute Gasteiger partial charge is 0.330 e. The first-order chi connectivity index (χ1) is 12.4. The van der Waals surface area contributed by atoms with E-state index in [4.69, 9.17) is 34.4 Å². The van der Waals surface area contributed by atoms with E-state index in [-0.39, 0.29) is 11.1 Å². The maximum atomic E-state index is 6.58. The molecule has 0 aliphatic carbocycles. The quantitative estimate of drug-likeness (QED) is 0.279. The van der Waals surface area contributed by atoms with Gasteiger partial charge in [-0.3, -0.25) is 0 Å². The van der Waals surface area contributed by atoms with Gasteiger partial charge in [0.2, 0.25) is 0 Å². The van der Waals surface area contributed by atoms with Crippen LogP contribution in [-0.2, 0) is 12.8 Å². The fraction of sp³-hybridized carbons (Fsp3) is 0.700. The standard InChI is InChI=1S/C20H40N6/c21-11-1-7-19(25,9-13-23)15-17-3-5-18(6-4-17)16-20(26,10-14-24)8-2-12-22/h3-6H,1-2,7-16,21-26H2. The lowest BCUT2D eigenvalue weighted by atomic mass is 9.82. The van der Waals surface area contributed by atoms with E-state index in [0.29, 0.717) is 26.2 Å². The van der Waals surface area contributed by atoms with E-state index in [1.165, 1.54) is 11.1 Å². The molecule has 1 rings (SSSR count). The Hall–Kier alpha value is -1.02. The predicted octanol–water partition coefficient (Wildman–Crippen LogP) is 0.342. The Morgan fingerprint density at radius 1 is 0.538 bits per heavy atom. The lowest BCUT2D eigenvalue weighted by Crippen LogP contribution is -2.44. The minimum Gasteiger partial charge on any atom is -0.330 e. The molecule has 0 amide bonds. The highest BCUT2D eigenvalue weighted by molar-refractivity contribution is 5.26. The van der Waals surface area contributed by atoms with E-state index in [2.05, 4.69) is 24.3 Å². The minimum atomic E-state index is -0.284. The second-order valence-electron chi connectivity index (χ2n) is 7.76. The predicted molar refractivity (Wildman–Crippen MR) is 112 cm³/mol. The summed E-state index contributed by atoms with van der Waals surface area (Å²) in [5.41, 5.74) is 37.9. The van der Waals surface area contributed by atoms with Crippen molar-refractivity contribution >= 4 is 0 Å². The highest BCUT2D eigenvalue weighted by atomic mass is 14.8. The lowest BCUT2D eigenvalue weighted by Gasteiger charge is -2.30. The minimum absolute atomic E-state index is 0.284. The van der Waals surface area contributed by atoms with Gasteiger partial charge in [0, 0.05) is 11.1 Å². The molecule has 0 aliphatic rings. The first-order valence-corrected chi connectivity index (χ1v) is 9.86. The number of rotatable bonds is 14. The van der Waals surface area contributed by atoms with E-state index in [1.807, 2.05) is 0 Å². The molecule has 0 radical (unpaired) electrons. The zero-order chi connectivity index (χ0) is 19.5. The van der Waals surface area contributed by atoms with E-state index in [1.54, 1.807) is 0 Å². The SMILES string of the molecule is NCCCC(N)(CCN)Cc1ccc(CC(N)(CCN)CCCN)cc1. The van der Waals surface area contributed by atoms with Crippen molar-refractivity contribution in [2.75, 3.05) is 26.2 Å². The summed E-state index contributed by atoms with van der Waals surface area (Å²) in [5, 5.41) is 0. The van der Waals surface area contributed by atoms with Crippen molar-refractivity contribution in [3.8, 4) is 0 Å².